The number of amides is 1. The van der Waals surface area contributed by atoms with Gasteiger partial charge in [0.2, 0.25) is 5.91 Å². The minimum atomic E-state index is -3.18. The van der Waals surface area contributed by atoms with Gasteiger partial charge >= 0.3 is 0 Å². The van der Waals surface area contributed by atoms with Gasteiger partial charge in [-0.1, -0.05) is 6.92 Å². The van der Waals surface area contributed by atoms with Gasteiger partial charge in [-0.15, -0.1) is 0 Å². The monoisotopic (exact) mass is 284 g/mol. The fourth-order valence-corrected chi connectivity index (χ4v) is 2.06. The predicted octanol–water partition coefficient (Wildman–Crippen LogP) is 1.42. The summed E-state index contributed by atoms with van der Waals surface area (Å²) >= 11 is 0. The predicted molar refractivity (Wildman–Crippen MR) is 75.9 cm³/mol. The maximum absolute atomic E-state index is 11.5. The molecule has 0 saturated carbocycles. The highest BCUT2D eigenvalue weighted by molar-refractivity contribution is 7.90. The van der Waals surface area contributed by atoms with E-state index in [4.69, 9.17) is 0 Å². The van der Waals surface area contributed by atoms with E-state index in [-0.39, 0.29) is 23.4 Å². The Morgan fingerprint density at radius 3 is 2.32 bits per heavy atom. The highest BCUT2D eigenvalue weighted by Crippen LogP contribution is 2.13. The van der Waals surface area contributed by atoms with Crippen LogP contribution in [0.3, 0.4) is 0 Å². The summed E-state index contributed by atoms with van der Waals surface area (Å²) in [7, 11) is -3.18. The van der Waals surface area contributed by atoms with Crippen molar-refractivity contribution in [3.05, 3.63) is 24.3 Å². The molecule has 2 N–H and O–H groups in total. The number of carbonyl (C=O) groups is 1. The summed E-state index contributed by atoms with van der Waals surface area (Å²) in [6, 6.07) is 6.48. The number of hydrogen-bond acceptors (Lipinski definition) is 4. The quantitative estimate of drug-likeness (QED) is 0.828. The van der Waals surface area contributed by atoms with E-state index in [0.717, 1.165) is 12.7 Å². The lowest BCUT2D eigenvalue weighted by Gasteiger charge is -2.12. The molecule has 0 aromatic heterocycles. The van der Waals surface area contributed by atoms with Gasteiger partial charge in [0.05, 0.1) is 11.4 Å². The van der Waals surface area contributed by atoms with Crippen molar-refractivity contribution >= 4 is 21.4 Å². The second-order valence-electron chi connectivity index (χ2n) is 4.53. The summed E-state index contributed by atoms with van der Waals surface area (Å²) in [6.07, 6.45) is 2.05. The number of rotatable bonds is 6. The van der Waals surface area contributed by atoms with Crippen LogP contribution in [-0.4, -0.2) is 33.2 Å². The van der Waals surface area contributed by atoms with Crippen LogP contribution < -0.4 is 10.6 Å². The summed E-state index contributed by atoms with van der Waals surface area (Å²) in [5, 5.41) is 5.78. The Balaban J connectivity index is 2.53. The van der Waals surface area contributed by atoms with E-state index in [1.54, 1.807) is 12.1 Å². The third-order valence-electron chi connectivity index (χ3n) is 2.76. The van der Waals surface area contributed by atoms with Crippen molar-refractivity contribution in [2.24, 2.45) is 0 Å². The molecule has 0 aliphatic rings. The van der Waals surface area contributed by atoms with Gasteiger partial charge in [0, 0.05) is 18.0 Å². The molecule has 1 unspecified atom stereocenters. The third-order valence-corrected chi connectivity index (χ3v) is 3.88. The maximum Gasteiger partial charge on any atom is 0.239 e. The minimum absolute atomic E-state index is 0.0819. The molecule has 0 aliphatic carbocycles. The van der Waals surface area contributed by atoms with Crippen LogP contribution in [0.4, 0.5) is 5.69 Å². The Morgan fingerprint density at radius 1 is 1.26 bits per heavy atom. The minimum Gasteiger partial charge on any atom is -0.376 e. The molecular weight excluding hydrogens is 264 g/mol. The molecule has 0 saturated heterocycles. The van der Waals surface area contributed by atoms with Crippen LogP contribution in [0, 0.1) is 0 Å². The lowest BCUT2D eigenvalue weighted by Crippen LogP contribution is -2.36. The van der Waals surface area contributed by atoms with Crippen molar-refractivity contribution in [2.75, 3.05) is 18.1 Å². The molecule has 1 amide bonds. The zero-order valence-corrected chi connectivity index (χ0v) is 12.3. The highest BCUT2D eigenvalue weighted by Gasteiger charge is 2.07. The van der Waals surface area contributed by atoms with Gasteiger partial charge in [-0.05, 0) is 37.6 Å². The Labute approximate surface area is 114 Å². The lowest BCUT2D eigenvalue weighted by atomic mass is 10.2. The number of benzene rings is 1. The first-order valence-electron chi connectivity index (χ1n) is 6.16. The number of sulfone groups is 1. The molecule has 5 nitrogen and oxygen atoms in total. The first kappa shape index (κ1) is 15.5. The molecule has 19 heavy (non-hydrogen) atoms. The summed E-state index contributed by atoms with van der Waals surface area (Å²) in [4.78, 5) is 11.8. The smallest absolute Gasteiger partial charge is 0.239 e. The van der Waals surface area contributed by atoms with E-state index >= 15 is 0 Å². The topological polar surface area (TPSA) is 75.3 Å². The van der Waals surface area contributed by atoms with E-state index in [1.165, 1.54) is 12.1 Å². The van der Waals surface area contributed by atoms with Gasteiger partial charge in [-0.3, -0.25) is 4.79 Å². The molecule has 1 rings (SSSR count). The average Bonchev–Trinajstić information content (AvgIpc) is 2.35. The number of carbonyl (C=O) groups excluding carboxylic acids is 1. The van der Waals surface area contributed by atoms with Crippen LogP contribution >= 0.6 is 0 Å². The average molecular weight is 284 g/mol. The second-order valence-corrected chi connectivity index (χ2v) is 6.54. The van der Waals surface area contributed by atoms with E-state index in [0.29, 0.717) is 5.69 Å². The zero-order chi connectivity index (χ0) is 14.5. The van der Waals surface area contributed by atoms with Gasteiger partial charge in [-0.25, -0.2) is 8.42 Å². The highest BCUT2D eigenvalue weighted by atomic mass is 32.2. The standard InChI is InChI=1S/C13H20N2O3S/c1-4-10(2)15-13(16)9-14-11-5-7-12(8-6-11)19(3,17)18/h5-8,10,14H,4,9H2,1-3H3,(H,15,16). The molecule has 0 fully saturated rings. The van der Waals surface area contributed by atoms with Crippen molar-refractivity contribution in [2.45, 2.75) is 31.2 Å². The van der Waals surface area contributed by atoms with Crippen LogP contribution in [0.25, 0.3) is 0 Å². The number of anilines is 1. The molecular formula is C13H20N2O3S. The van der Waals surface area contributed by atoms with Gasteiger partial charge < -0.3 is 10.6 Å². The van der Waals surface area contributed by atoms with Crippen molar-refractivity contribution < 1.29 is 13.2 Å². The van der Waals surface area contributed by atoms with Crippen LogP contribution in [-0.2, 0) is 14.6 Å². The van der Waals surface area contributed by atoms with Crippen molar-refractivity contribution in [3.8, 4) is 0 Å². The van der Waals surface area contributed by atoms with Crippen molar-refractivity contribution in [1.82, 2.24) is 5.32 Å². The molecule has 1 atom stereocenters. The molecule has 106 valence electrons. The first-order valence-corrected chi connectivity index (χ1v) is 8.05. The third kappa shape index (κ3) is 5.30. The molecule has 0 spiro atoms. The fourth-order valence-electron chi connectivity index (χ4n) is 1.43. The Morgan fingerprint density at radius 2 is 1.84 bits per heavy atom. The Bertz CT molecular complexity index is 523. The SMILES string of the molecule is CCC(C)NC(=O)CNc1ccc(S(C)(=O)=O)cc1. The molecule has 1 aromatic carbocycles. The second kappa shape index (κ2) is 6.56. The molecule has 0 heterocycles. The van der Waals surface area contributed by atoms with Crippen molar-refractivity contribution in [3.63, 3.8) is 0 Å². The summed E-state index contributed by atoms with van der Waals surface area (Å²) in [6.45, 7) is 4.11. The summed E-state index contributed by atoms with van der Waals surface area (Å²) in [5.41, 5.74) is 0.715. The van der Waals surface area contributed by atoms with E-state index in [2.05, 4.69) is 10.6 Å². The largest absolute Gasteiger partial charge is 0.376 e. The normalized spacial score (nSPS) is 12.8. The zero-order valence-electron chi connectivity index (χ0n) is 11.4. The fraction of sp³-hybridized carbons (Fsp3) is 0.462. The van der Waals surface area contributed by atoms with Gasteiger partial charge in [-0.2, -0.15) is 0 Å². The van der Waals surface area contributed by atoms with Gasteiger partial charge in [0.15, 0.2) is 9.84 Å². The van der Waals surface area contributed by atoms with Crippen LogP contribution in [0.15, 0.2) is 29.2 Å². The summed E-state index contributed by atoms with van der Waals surface area (Å²) in [5.74, 6) is -0.0819. The molecule has 0 aliphatic heterocycles. The Kier molecular flexibility index (Phi) is 5.35. The lowest BCUT2D eigenvalue weighted by molar-refractivity contribution is -0.120. The number of hydrogen-bond donors (Lipinski definition) is 2. The summed E-state index contributed by atoms with van der Waals surface area (Å²) < 4.78 is 22.6. The Hall–Kier alpha value is -1.56. The van der Waals surface area contributed by atoms with Crippen LogP contribution in [0.1, 0.15) is 20.3 Å². The maximum atomic E-state index is 11.5. The van der Waals surface area contributed by atoms with E-state index in [9.17, 15) is 13.2 Å². The van der Waals surface area contributed by atoms with E-state index in [1.807, 2.05) is 13.8 Å². The van der Waals surface area contributed by atoms with E-state index < -0.39 is 9.84 Å². The van der Waals surface area contributed by atoms with Crippen LogP contribution in [0.2, 0.25) is 0 Å². The first-order chi connectivity index (χ1) is 8.82. The van der Waals surface area contributed by atoms with Crippen molar-refractivity contribution in [1.29, 1.82) is 0 Å². The molecule has 0 radical (unpaired) electrons. The molecule has 0 bridgehead atoms. The van der Waals surface area contributed by atoms with Gasteiger partial charge in [0.1, 0.15) is 0 Å². The molecule has 6 heteroatoms. The molecule has 1 aromatic rings. The van der Waals surface area contributed by atoms with Crippen LogP contribution in [0.5, 0.6) is 0 Å². The van der Waals surface area contributed by atoms with Gasteiger partial charge in [0.25, 0.3) is 0 Å². The number of nitrogens with one attached hydrogen (secondary N) is 2.